The number of hydrogen-bond donors (Lipinski definition) is 1. The van der Waals surface area contributed by atoms with Crippen LogP contribution in [-0.4, -0.2) is 44.4 Å². The predicted molar refractivity (Wildman–Crippen MR) is 114 cm³/mol. The summed E-state index contributed by atoms with van der Waals surface area (Å²) < 4.78 is 17.4. The lowest BCUT2D eigenvalue weighted by Crippen LogP contribution is -2.38. The maximum absolute atomic E-state index is 6.06. The number of benzene rings is 2. The number of para-hydroxylation sites is 1. The minimum absolute atomic E-state index is 0.676. The van der Waals surface area contributed by atoms with Crippen molar-refractivity contribution in [2.45, 2.75) is 13.1 Å². The first-order valence-electron chi connectivity index (χ1n) is 10.2. The quantitative estimate of drug-likeness (QED) is 0.598. The summed E-state index contributed by atoms with van der Waals surface area (Å²) in [5.41, 5.74) is 2.25. The van der Waals surface area contributed by atoms with E-state index in [0.29, 0.717) is 13.2 Å². The Balaban J connectivity index is 1.26. The number of ether oxygens (including phenoxy) is 2. The second-order valence-electron chi connectivity index (χ2n) is 7.15. The van der Waals surface area contributed by atoms with Crippen LogP contribution in [0.4, 0.5) is 0 Å². The third-order valence-electron chi connectivity index (χ3n) is 5.08. The molecule has 4 rings (SSSR count). The van der Waals surface area contributed by atoms with Crippen LogP contribution in [0.5, 0.6) is 5.75 Å². The second kappa shape index (κ2) is 10.3. The Kier molecular flexibility index (Phi) is 6.97. The van der Waals surface area contributed by atoms with Gasteiger partial charge in [0, 0.05) is 37.3 Å². The van der Waals surface area contributed by atoms with E-state index in [1.807, 2.05) is 48.5 Å². The van der Waals surface area contributed by atoms with Crippen molar-refractivity contribution in [1.29, 1.82) is 0 Å². The fourth-order valence-corrected chi connectivity index (χ4v) is 3.45. The van der Waals surface area contributed by atoms with Crippen molar-refractivity contribution < 1.29 is 13.9 Å². The van der Waals surface area contributed by atoms with Crippen LogP contribution in [0.2, 0.25) is 0 Å². The molecule has 152 valence electrons. The first-order valence-corrected chi connectivity index (χ1v) is 10.2. The summed E-state index contributed by atoms with van der Waals surface area (Å²) in [5.74, 6) is 2.77. The first-order chi connectivity index (χ1) is 14.4. The van der Waals surface area contributed by atoms with Crippen molar-refractivity contribution in [1.82, 2.24) is 10.2 Å². The zero-order valence-corrected chi connectivity index (χ0v) is 16.7. The Labute approximate surface area is 172 Å². The Hall–Kier alpha value is -2.60. The highest BCUT2D eigenvalue weighted by Crippen LogP contribution is 2.22. The Bertz CT molecular complexity index is 873. The number of hydrogen-bond acceptors (Lipinski definition) is 5. The van der Waals surface area contributed by atoms with Crippen molar-refractivity contribution in [3.8, 4) is 17.1 Å². The molecule has 2 aromatic carbocycles. The van der Waals surface area contributed by atoms with E-state index >= 15 is 0 Å². The fraction of sp³-hybridized carbons (Fsp3) is 0.333. The van der Waals surface area contributed by atoms with E-state index in [9.17, 15) is 0 Å². The fourth-order valence-electron chi connectivity index (χ4n) is 3.45. The third-order valence-corrected chi connectivity index (χ3v) is 5.08. The lowest BCUT2D eigenvalue weighted by atomic mass is 10.2. The van der Waals surface area contributed by atoms with Gasteiger partial charge in [-0.1, -0.05) is 48.5 Å². The highest BCUT2D eigenvalue weighted by molar-refractivity contribution is 5.57. The molecule has 5 heteroatoms. The molecular weight excluding hydrogens is 364 g/mol. The van der Waals surface area contributed by atoms with Crippen LogP contribution in [0.25, 0.3) is 11.3 Å². The zero-order chi connectivity index (χ0) is 19.7. The smallest absolute Gasteiger partial charge is 0.134 e. The van der Waals surface area contributed by atoms with Gasteiger partial charge in [-0.2, -0.15) is 0 Å². The number of morpholine rings is 1. The van der Waals surface area contributed by atoms with Gasteiger partial charge in [0.1, 0.15) is 23.9 Å². The average molecular weight is 392 g/mol. The summed E-state index contributed by atoms with van der Waals surface area (Å²) in [4.78, 5) is 2.38. The minimum Gasteiger partial charge on any atom is -0.492 e. The SMILES string of the molecule is c1ccc(-c2ccc(CNCc3ccccc3OCCN3CCOCC3)o2)cc1. The van der Waals surface area contributed by atoms with Crippen LogP contribution in [0, 0.1) is 0 Å². The summed E-state index contributed by atoms with van der Waals surface area (Å²) in [6.45, 7) is 6.64. The van der Waals surface area contributed by atoms with E-state index in [2.05, 4.69) is 28.4 Å². The summed E-state index contributed by atoms with van der Waals surface area (Å²) in [6.07, 6.45) is 0. The Morgan fingerprint density at radius 1 is 0.862 bits per heavy atom. The highest BCUT2D eigenvalue weighted by atomic mass is 16.5. The molecule has 1 saturated heterocycles. The summed E-state index contributed by atoms with van der Waals surface area (Å²) in [5, 5.41) is 3.46. The first kappa shape index (κ1) is 19.7. The summed E-state index contributed by atoms with van der Waals surface area (Å²) >= 11 is 0. The number of nitrogens with one attached hydrogen (secondary N) is 1. The average Bonchev–Trinajstić information content (AvgIpc) is 3.25. The van der Waals surface area contributed by atoms with Gasteiger partial charge in [-0.15, -0.1) is 0 Å². The van der Waals surface area contributed by atoms with Crippen molar-refractivity contribution in [2.24, 2.45) is 0 Å². The second-order valence-corrected chi connectivity index (χ2v) is 7.15. The molecule has 1 N–H and O–H groups in total. The van der Waals surface area contributed by atoms with Crippen molar-refractivity contribution in [3.63, 3.8) is 0 Å². The molecule has 0 unspecified atom stereocenters. The van der Waals surface area contributed by atoms with Gasteiger partial charge in [0.15, 0.2) is 0 Å². The zero-order valence-electron chi connectivity index (χ0n) is 16.7. The molecule has 0 amide bonds. The lowest BCUT2D eigenvalue weighted by molar-refractivity contribution is 0.0322. The molecule has 1 aliphatic heterocycles. The van der Waals surface area contributed by atoms with E-state index < -0.39 is 0 Å². The number of rotatable bonds is 9. The largest absolute Gasteiger partial charge is 0.492 e. The van der Waals surface area contributed by atoms with Crippen LogP contribution < -0.4 is 10.1 Å². The van der Waals surface area contributed by atoms with Gasteiger partial charge in [0.2, 0.25) is 0 Å². The monoisotopic (exact) mass is 392 g/mol. The van der Waals surface area contributed by atoms with Crippen LogP contribution in [0.1, 0.15) is 11.3 Å². The lowest BCUT2D eigenvalue weighted by Gasteiger charge is -2.26. The van der Waals surface area contributed by atoms with Gasteiger partial charge >= 0.3 is 0 Å². The minimum atomic E-state index is 0.676. The van der Waals surface area contributed by atoms with Gasteiger partial charge in [0.05, 0.1) is 19.8 Å². The molecule has 1 aromatic heterocycles. The normalized spacial score (nSPS) is 14.8. The van der Waals surface area contributed by atoms with Crippen molar-refractivity contribution in [3.05, 3.63) is 78.1 Å². The summed E-state index contributed by atoms with van der Waals surface area (Å²) in [7, 11) is 0. The molecule has 0 spiro atoms. The van der Waals surface area contributed by atoms with Gasteiger partial charge < -0.3 is 19.2 Å². The number of nitrogens with zero attached hydrogens (tertiary/aromatic N) is 1. The van der Waals surface area contributed by atoms with Crippen molar-refractivity contribution in [2.75, 3.05) is 39.5 Å². The molecule has 0 saturated carbocycles. The van der Waals surface area contributed by atoms with E-state index in [0.717, 1.165) is 67.8 Å². The standard InChI is InChI=1S/C24H28N2O3/c1-2-6-20(7-3-1)24-11-10-22(29-24)19-25-18-21-8-4-5-9-23(21)28-17-14-26-12-15-27-16-13-26/h1-11,25H,12-19H2. The van der Waals surface area contributed by atoms with E-state index in [4.69, 9.17) is 13.9 Å². The maximum Gasteiger partial charge on any atom is 0.134 e. The van der Waals surface area contributed by atoms with Crippen LogP contribution in [-0.2, 0) is 17.8 Å². The van der Waals surface area contributed by atoms with Crippen LogP contribution >= 0.6 is 0 Å². The molecule has 2 heterocycles. The molecule has 3 aromatic rings. The molecular formula is C24H28N2O3. The Morgan fingerprint density at radius 3 is 2.52 bits per heavy atom. The van der Waals surface area contributed by atoms with E-state index in [1.54, 1.807) is 0 Å². The molecule has 1 aliphatic rings. The third kappa shape index (κ3) is 5.70. The van der Waals surface area contributed by atoms with Gasteiger partial charge in [-0.05, 0) is 18.2 Å². The van der Waals surface area contributed by atoms with Crippen LogP contribution in [0.15, 0.2) is 71.1 Å². The van der Waals surface area contributed by atoms with Crippen LogP contribution in [0.3, 0.4) is 0 Å². The van der Waals surface area contributed by atoms with E-state index in [1.165, 1.54) is 0 Å². The Morgan fingerprint density at radius 2 is 1.66 bits per heavy atom. The van der Waals surface area contributed by atoms with Gasteiger partial charge in [-0.3, -0.25) is 4.90 Å². The van der Waals surface area contributed by atoms with Crippen molar-refractivity contribution >= 4 is 0 Å². The molecule has 1 fully saturated rings. The van der Waals surface area contributed by atoms with E-state index in [-0.39, 0.29) is 0 Å². The predicted octanol–water partition coefficient (Wildman–Crippen LogP) is 3.95. The topological polar surface area (TPSA) is 46.9 Å². The molecule has 0 radical (unpaired) electrons. The molecule has 5 nitrogen and oxygen atoms in total. The van der Waals surface area contributed by atoms with Gasteiger partial charge in [0.25, 0.3) is 0 Å². The molecule has 29 heavy (non-hydrogen) atoms. The molecule has 0 bridgehead atoms. The maximum atomic E-state index is 6.06. The molecule has 0 atom stereocenters. The summed E-state index contributed by atoms with van der Waals surface area (Å²) in [6, 6.07) is 22.4. The number of furan rings is 1. The van der Waals surface area contributed by atoms with Gasteiger partial charge in [-0.25, -0.2) is 0 Å². The molecule has 0 aliphatic carbocycles. The highest BCUT2D eigenvalue weighted by Gasteiger charge is 2.11.